The predicted octanol–water partition coefficient (Wildman–Crippen LogP) is 3.48. The van der Waals surface area contributed by atoms with E-state index in [0.717, 1.165) is 23.4 Å². The molecule has 0 aromatic heterocycles. The van der Waals surface area contributed by atoms with Crippen LogP contribution in [0.5, 0.6) is 5.75 Å². The van der Waals surface area contributed by atoms with Gasteiger partial charge in [-0.2, -0.15) is 0 Å². The molecule has 0 radical (unpaired) electrons. The molecule has 0 aliphatic carbocycles. The van der Waals surface area contributed by atoms with Crippen LogP contribution in [0.1, 0.15) is 5.56 Å². The van der Waals surface area contributed by atoms with Gasteiger partial charge in [-0.25, -0.2) is 13.6 Å². The third-order valence-corrected chi connectivity index (χ3v) is 3.05. The number of halogens is 2. The molecule has 2 N–H and O–H groups in total. The molecule has 0 saturated carbocycles. The summed E-state index contributed by atoms with van der Waals surface area (Å²) in [6, 6.07) is 10.1. The number of nitrogens with one attached hydrogen (secondary N) is 2. The number of para-hydroxylation sites is 1. The van der Waals surface area contributed by atoms with Crippen molar-refractivity contribution < 1.29 is 18.3 Å². The number of ether oxygens (including phenoxy) is 1. The average molecular weight is 330 g/mol. The van der Waals surface area contributed by atoms with Crippen molar-refractivity contribution in [2.45, 2.75) is 6.92 Å². The van der Waals surface area contributed by atoms with Crippen molar-refractivity contribution in [2.24, 2.45) is 0 Å². The quantitative estimate of drug-likeness (QED) is 0.843. The van der Waals surface area contributed by atoms with Crippen LogP contribution in [0.25, 0.3) is 0 Å². The van der Waals surface area contributed by atoms with Gasteiger partial charge in [0.25, 0.3) is 0 Å². The van der Waals surface area contributed by atoms with E-state index in [1.165, 1.54) is 6.07 Å². The zero-order valence-electron chi connectivity index (χ0n) is 13.0. The highest BCUT2D eigenvalue weighted by atomic mass is 19.1. The lowest BCUT2D eigenvalue weighted by molar-refractivity contribution is 0.253. The number of hydrogen-bond donors (Lipinski definition) is 2. The number of carbonyl (C=O) groups is 1. The minimum Gasteiger partial charge on any atom is -0.478 e. The van der Waals surface area contributed by atoms with Crippen molar-refractivity contribution in [2.75, 3.05) is 18.5 Å². The largest absolute Gasteiger partial charge is 0.478 e. The monoisotopic (exact) mass is 330 g/mol. The first kappa shape index (κ1) is 17.3. The Morgan fingerprint density at radius 1 is 1.17 bits per heavy atom. The van der Waals surface area contributed by atoms with Crippen LogP contribution in [-0.2, 0) is 0 Å². The number of rotatable bonds is 4. The summed E-state index contributed by atoms with van der Waals surface area (Å²) in [5, 5.41) is 5.28. The summed E-state index contributed by atoms with van der Waals surface area (Å²) in [6.07, 6.45) is 0. The second-order valence-electron chi connectivity index (χ2n) is 4.84. The number of anilines is 1. The van der Waals surface area contributed by atoms with Crippen LogP contribution < -0.4 is 15.4 Å². The molecule has 0 unspecified atom stereocenters. The van der Waals surface area contributed by atoms with Gasteiger partial charge in [0, 0.05) is 11.8 Å². The molecule has 0 aliphatic rings. The summed E-state index contributed by atoms with van der Waals surface area (Å²) in [4.78, 5) is 11.7. The minimum atomic E-state index is -0.785. The van der Waals surface area contributed by atoms with E-state index in [-0.39, 0.29) is 24.9 Å². The van der Waals surface area contributed by atoms with Crippen LogP contribution >= 0.6 is 0 Å². The molecule has 0 atom stereocenters. The lowest BCUT2D eigenvalue weighted by atomic mass is 10.2. The highest BCUT2D eigenvalue weighted by Crippen LogP contribution is 2.17. The number of aryl methyl sites for hydroxylation is 1. The van der Waals surface area contributed by atoms with Crippen LogP contribution in [0.2, 0.25) is 0 Å². The van der Waals surface area contributed by atoms with Gasteiger partial charge in [0.15, 0.2) is 11.6 Å². The Balaban J connectivity index is 1.72. The van der Waals surface area contributed by atoms with Crippen LogP contribution in [0, 0.1) is 30.4 Å². The zero-order chi connectivity index (χ0) is 17.4. The Morgan fingerprint density at radius 2 is 1.96 bits per heavy atom. The molecule has 2 amide bonds. The second kappa shape index (κ2) is 8.53. The number of urea groups is 1. The molecule has 0 bridgehead atoms. The zero-order valence-corrected chi connectivity index (χ0v) is 13.0. The molecule has 2 rings (SSSR count). The van der Waals surface area contributed by atoms with E-state index in [4.69, 9.17) is 4.74 Å². The summed E-state index contributed by atoms with van der Waals surface area (Å²) >= 11 is 0. The molecule has 2 aromatic rings. The van der Waals surface area contributed by atoms with Crippen molar-refractivity contribution in [1.29, 1.82) is 0 Å². The first-order valence-electron chi connectivity index (χ1n) is 7.20. The predicted molar refractivity (Wildman–Crippen MR) is 87.8 cm³/mol. The molecule has 2 aromatic carbocycles. The minimum absolute atomic E-state index is 0.0658. The number of carbonyl (C=O) groups excluding carboxylic acids is 1. The molecule has 0 spiro atoms. The molecule has 0 saturated heterocycles. The standard InChI is InChI=1S/C18H16F2N2O2/c1-13-6-2-3-7-16(13)22-18(23)21-10-4-5-11-24-17-9-8-14(19)12-15(17)20/h2-3,6-9,12H,10-11H2,1H3,(H2,21,22,23). The van der Waals surface area contributed by atoms with Gasteiger partial charge in [-0.1, -0.05) is 30.0 Å². The Labute approximate surface area is 138 Å². The molecule has 0 aliphatic heterocycles. The molecule has 0 heterocycles. The number of benzene rings is 2. The topological polar surface area (TPSA) is 50.4 Å². The van der Waals surface area contributed by atoms with Crippen molar-refractivity contribution >= 4 is 11.7 Å². The van der Waals surface area contributed by atoms with Gasteiger partial charge >= 0.3 is 6.03 Å². The molecule has 6 heteroatoms. The maximum Gasteiger partial charge on any atom is 0.320 e. The Bertz CT molecular complexity index is 782. The first-order chi connectivity index (χ1) is 11.6. The highest BCUT2D eigenvalue weighted by Gasteiger charge is 2.03. The summed E-state index contributed by atoms with van der Waals surface area (Å²) < 4.78 is 31.1. The second-order valence-corrected chi connectivity index (χ2v) is 4.84. The van der Waals surface area contributed by atoms with E-state index in [2.05, 4.69) is 22.5 Å². The third kappa shape index (κ3) is 5.29. The van der Waals surface area contributed by atoms with E-state index in [9.17, 15) is 13.6 Å². The fourth-order valence-corrected chi connectivity index (χ4v) is 1.82. The van der Waals surface area contributed by atoms with Gasteiger partial charge in [-0.05, 0) is 30.7 Å². The number of hydrogen-bond acceptors (Lipinski definition) is 2. The normalized spacial score (nSPS) is 9.62. The summed E-state index contributed by atoms with van der Waals surface area (Å²) in [7, 11) is 0. The maximum absolute atomic E-state index is 13.3. The SMILES string of the molecule is Cc1ccccc1NC(=O)NCC#CCOc1ccc(F)cc1F. The van der Waals surface area contributed by atoms with E-state index in [0.29, 0.717) is 0 Å². The molecule has 0 fully saturated rings. The van der Waals surface area contributed by atoms with E-state index in [1.807, 2.05) is 25.1 Å². The molecular formula is C18H16F2N2O2. The summed E-state index contributed by atoms with van der Waals surface area (Å²) in [5.41, 5.74) is 1.67. The fourth-order valence-electron chi connectivity index (χ4n) is 1.82. The Morgan fingerprint density at radius 3 is 2.71 bits per heavy atom. The molecule has 124 valence electrons. The van der Waals surface area contributed by atoms with Crippen LogP contribution in [0.3, 0.4) is 0 Å². The van der Waals surface area contributed by atoms with E-state index >= 15 is 0 Å². The van der Waals surface area contributed by atoms with Gasteiger partial charge in [-0.3, -0.25) is 0 Å². The molecular weight excluding hydrogens is 314 g/mol. The summed E-state index contributed by atoms with van der Waals surface area (Å²) in [6.45, 7) is 1.94. The summed E-state index contributed by atoms with van der Waals surface area (Å²) in [5.74, 6) is 3.78. The first-order valence-corrected chi connectivity index (χ1v) is 7.20. The van der Waals surface area contributed by atoms with Crippen molar-refractivity contribution in [3.05, 3.63) is 59.7 Å². The van der Waals surface area contributed by atoms with Gasteiger partial charge in [0.1, 0.15) is 12.4 Å². The smallest absolute Gasteiger partial charge is 0.320 e. The number of amides is 2. The molecule has 4 nitrogen and oxygen atoms in total. The van der Waals surface area contributed by atoms with Gasteiger partial charge < -0.3 is 15.4 Å². The third-order valence-electron chi connectivity index (χ3n) is 3.05. The highest BCUT2D eigenvalue weighted by molar-refractivity contribution is 5.90. The lowest BCUT2D eigenvalue weighted by Crippen LogP contribution is -2.29. The fraction of sp³-hybridized carbons (Fsp3) is 0.167. The Kier molecular flexibility index (Phi) is 6.15. The molecule has 24 heavy (non-hydrogen) atoms. The lowest BCUT2D eigenvalue weighted by Gasteiger charge is -2.07. The van der Waals surface area contributed by atoms with Gasteiger partial charge in [-0.15, -0.1) is 0 Å². The van der Waals surface area contributed by atoms with E-state index in [1.54, 1.807) is 6.07 Å². The van der Waals surface area contributed by atoms with Crippen molar-refractivity contribution in [3.8, 4) is 17.6 Å². The van der Waals surface area contributed by atoms with Crippen molar-refractivity contribution in [1.82, 2.24) is 5.32 Å². The van der Waals surface area contributed by atoms with Crippen LogP contribution in [-0.4, -0.2) is 19.2 Å². The van der Waals surface area contributed by atoms with Gasteiger partial charge in [0.2, 0.25) is 0 Å². The van der Waals surface area contributed by atoms with Crippen LogP contribution in [0.15, 0.2) is 42.5 Å². The van der Waals surface area contributed by atoms with Crippen molar-refractivity contribution in [3.63, 3.8) is 0 Å². The van der Waals surface area contributed by atoms with Crippen LogP contribution in [0.4, 0.5) is 19.3 Å². The van der Waals surface area contributed by atoms with E-state index < -0.39 is 11.6 Å². The maximum atomic E-state index is 13.3. The average Bonchev–Trinajstić information content (AvgIpc) is 2.54. The van der Waals surface area contributed by atoms with Gasteiger partial charge in [0.05, 0.1) is 6.54 Å². The Hall–Kier alpha value is -3.07.